The van der Waals surface area contributed by atoms with Crippen LogP contribution in [0, 0.1) is 0 Å². The van der Waals surface area contributed by atoms with Crippen molar-refractivity contribution in [3.05, 3.63) is 11.8 Å². The van der Waals surface area contributed by atoms with E-state index in [1.807, 2.05) is 20.8 Å². The molecular weight excluding hydrogens is 412 g/mol. The summed E-state index contributed by atoms with van der Waals surface area (Å²) in [4.78, 5) is 0. The van der Waals surface area contributed by atoms with E-state index in [9.17, 15) is 0 Å². The third-order valence-corrected chi connectivity index (χ3v) is 8.80. The molecule has 0 saturated heterocycles. The lowest BCUT2D eigenvalue weighted by Crippen LogP contribution is -2.44. The van der Waals surface area contributed by atoms with Gasteiger partial charge in [0, 0.05) is 19.8 Å². The highest BCUT2D eigenvalue weighted by Gasteiger charge is 2.37. The molecule has 192 valence electrons. The molecule has 3 nitrogen and oxygen atoms in total. The summed E-state index contributed by atoms with van der Waals surface area (Å²) in [5.74, 6) is 0. The maximum atomic E-state index is 5.86. The Labute approximate surface area is 203 Å². The number of rotatable bonds is 26. The molecule has 0 fully saturated rings. The monoisotopic (exact) mass is 470 g/mol. The Balaban J connectivity index is 3.45. The highest BCUT2D eigenvalue weighted by molar-refractivity contribution is 6.66. The van der Waals surface area contributed by atoms with Gasteiger partial charge in [-0.05, 0) is 39.3 Å². The van der Waals surface area contributed by atoms with Crippen LogP contribution in [0.4, 0.5) is 0 Å². The molecular formula is C28H58O3Si. The van der Waals surface area contributed by atoms with Crippen molar-refractivity contribution in [2.45, 2.75) is 150 Å². The van der Waals surface area contributed by atoms with E-state index in [0.29, 0.717) is 19.8 Å². The molecule has 0 radical (unpaired) electrons. The highest BCUT2D eigenvalue weighted by Crippen LogP contribution is 2.16. The second kappa shape index (κ2) is 25.5. The summed E-state index contributed by atoms with van der Waals surface area (Å²) in [5, 5.41) is 0. The van der Waals surface area contributed by atoms with Crippen molar-refractivity contribution in [1.82, 2.24) is 0 Å². The molecule has 0 aliphatic heterocycles. The van der Waals surface area contributed by atoms with Gasteiger partial charge >= 0.3 is 8.80 Å². The molecule has 0 N–H and O–H groups in total. The molecule has 32 heavy (non-hydrogen) atoms. The van der Waals surface area contributed by atoms with Crippen LogP contribution in [-0.2, 0) is 13.3 Å². The third-order valence-electron chi connectivity index (χ3n) is 6.08. The molecule has 0 unspecified atom stereocenters. The van der Waals surface area contributed by atoms with Crippen LogP contribution in [0.25, 0.3) is 0 Å². The van der Waals surface area contributed by atoms with E-state index in [1.54, 1.807) is 0 Å². The first kappa shape index (κ1) is 31.8. The SMILES string of the molecule is CCCCCCCCCCCCCCCCCCCCC=C[Si](OCC)(OCC)OCC. The topological polar surface area (TPSA) is 27.7 Å². The molecule has 0 heterocycles. The van der Waals surface area contributed by atoms with Gasteiger partial charge in [-0.3, -0.25) is 0 Å². The Bertz CT molecular complexity index is 370. The van der Waals surface area contributed by atoms with Gasteiger partial charge in [0.2, 0.25) is 0 Å². The summed E-state index contributed by atoms with van der Waals surface area (Å²) in [6, 6.07) is 0. The predicted octanol–water partition coefficient (Wildman–Crippen LogP) is 9.56. The summed E-state index contributed by atoms with van der Waals surface area (Å²) in [6.07, 6.45) is 28.9. The third kappa shape index (κ3) is 20.4. The van der Waals surface area contributed by atoms with Crippen molar-refractivity contribution in [3.8, 4) is 0 Å². The van der Waals surface area contributed by atoms with E-state index in [4.69, 9.17) is 13.3 Å². The second-order valence-corrected chi connectivity index (χ2v) is 11.5. The quantitative estimate of drug-likeness (QED) is 0.0930. The van der Waals surface area contributed by atoms with Gasteiger partial charge in [0.1, 0.15) is 0 Å². The first-order valence-corrected chi connectivity index (χ1v) is 16.1. The van der Waals surface area contributed by atoms with Crippen LogP contribution in [0.15, 0.2) is 11.8 Å². The summed E-state index contributed by atoms with van der Waals surface area (Å²) in [6.45, 7) is 10.2. The van der Waals surface area contributed by atoms with Crippen LogP contribution in [0.1, 0.15) is 150 Å². The van der Waals surface area contributed by atoms with Gasteiger partial charge < -0.3 is 13.3 Å². The number of allylic oxidation sites excluding steroid dienone is 1. The minimum absolute atomic E-state index is 0.635. The normalized spacial score (nSPS) is 12.2. The molecule has 0 bridgehead atoms. The van der Waals surface area contributed by atoms with Gasteiger partial charge in [0.15, 0.2) is 0 Å². The second-order valence-electron chi connectivity index (χ2n) is 9.10. The van der Waals surface area contributed by atoms with Crippen molar-refractivity contribution in [3.63, 3.8) is 0 Å². The smallest absolute Gasteiger partial charge is 0.371 e. The van der Waals surface area contributed by atoms with E-state index in [1.165, 1.54) is 116 Å². The maximum Gasteiger partial charge on any atom is 0.529 e. The molecule has 0 spiro atoms. The maximum absolute atomic E-state index is 5.86. The van der Waals surface area contributed by atoms with E-state index < -0.39 is 8.80 Å². The Morgan fingerprint density at radius 3 is 1.06 bits per heavy atom. The summed E-state index contributed by atoms with van der Waals surface area (Å²) in [5.41, 5.74) is 2.09. The Hall–Kier alpha value is -0.163. The Morgan fingerprint density at radius 1 is 0.438 bits per heavy atom. The van der Waals surface area contributed by atoms with Gasteiger partial charge in [-0.25, -0.2) is 0 Å². The van der Waals surface area contributed by atoms with Gasteiger partial charge in [-0.1, -0.05) is 122 Å². The average Bonchev–Trinajstić information content (AvgIpc) is 2.78. The number of hydrogen-bond donors (Lipinski definition) is 0. The first-order chi connectivity index (χ1) is 15.7. The van der Waals surface area contributed by atoms with Crippen molar-refractivity contribution in [2.24, 2.45) is 0 Å². The molecule has 4 heteroatoms. The van der Waals surface area contributed by atoms with Crippen molar-refractivity contribution in [2.75, 3.05) is 19.8 Å². The fraction of sp³-hybridized carbons (Fsp3) is 0.929. The summed E-state index contributed by atoms with van der Waals surface area (Å²) >= 11 is 0. The van der Waals surface area contributed by atoms with Crippen LogP contribution in [0.2, 0.25) is 0 Å². The van der Waals surface area contributed by atoms with Crippen LogP contribution < -0.4 is 0 Å². The molecule has 0 atom stereocenters. The van der Waals surface area contributed by atoms with Gasteiger partial charge in [0.25, 0.3) is 0 Å². The van der Waals surface area contributed by atoms with Crippen molar-refractivity contribution < 1.29 is 13.3 Å². The van der Waals surface area contributed by atoms with E-state index in [0.717, 1.165) is 6.42 Å². The Morgan fingerprint density at radius 2 is 0.750 bits per heavy atom. The molecule has 0 aromatic heterocycles. The fourth-order valence-corrected chi connectivity index (χ4v) is 6.47. The lowest BCUT2D eigenvalue weighted by atomic mass is 10.0. The van der Waals surface area contributed by atoms with Crippen LogP contribution in [0.3, 0.4) is 0 Å². The number of unbranched alkanes of at least 4 members (excludes halogenated alkanes) is 18. The molecule has 0 aromatic rings. The van der Waals surface area contributed by atoms with Crippen molar-refractivity contribution in [1.29, 1.82) is 0 Å². The van der Waals surface area contributed by atoms with Gasteiger partial charge in [-0.2, -0.15) is 0 Å². The van der Waals surface area contributed by atoms with E-state index >= 15 is 0 Å². The highest BCUT2D eigenvalue weighted by atomic mass is 28.4. The zero-order valence-corrected chi connectivity index (χ0v) is 23.4. The molecule has 0 aliphatic rings. The molecule has 0 aromatic carbocycles. The number of hydrogen-bond acceptors (Lipinski definition) is 3. The zero-order chi connectivity index (χ0) is 23.6. The standard InChI is InChI=1S/C28H58O3Si/c1-5-9-10-11-12-13-14-15-16-17-18-19-20-21-22-23-24-25-26-27-28-32(29-6-2,30-7-3)31-8-4/h27-28H,5-26H2,1-4H3. The lowest BCUT2D eigenvalue weighted by Gasteiger charge is -2.25. The first-order valence-electron chi connectivity index (χ1n) is 14.3. The zero-order valence-electron chi connectivity index (χ0n) is 22.4. The molecule has 0 saturated carbocycles. The lowest BCUT2D eigenvalue weighted by molar-refractivity contribution is 0.0842. The average molecular weight is 471 g/mol. The minimum atomic E-state index is -2.59. The predicted molar refractivity (Wildman–Crippen MR) is 143 cm³/mol. The van der Waals surface area contributed by atoms with Gasteiger partial charge in [-0.15, -0.1) is 0 Å². The molecule has 0 rings (SSSR count). The Kier molecular flexibility index (Phi) is 25.3. The van der Waals surface area contributed by atoms with Gasteiger partial charge in [0.05, 0.1) is 0 Å². The summed E-state index contributed by atoms with van der Waals surface area (Å²) in [7, 11) is -2.59. The van der Waals surface area contributed by atoms with E-state index in [2.05, 4.69) is 18.7 Å². The molecule has 0 amide bonds. The van der Waals surface area contributed by atoms with E-state index in [-0.39, 0.29) is 0 Å². The van der Waals surface area contributed by atoms with Crippen LogP contribution in [-0.4, -0.2) is 28.6 Å². The minimum Gasteiger partial charge on any atom is -0.371 e. The summed E-state index contributed by atoms with van der Waals surface area (Å²) < 4.78 is 17.6. The fourth-order valence-electron chi connectivity index (χ4n) is 4.26. The largest absolute Gasteiger partial charge is 0.529 e. The van der Waals surface area contributed by atoms with Crippen molar-refractivity contribution >= 4 is 8.80 Å². The molecule has 0 aliphatic carbocycles. The van der Waals surface area contributed by atoms with Crippen LogP contribution in [0.5, 0.6) is 0 Å². The van der Waals surface area contributed by atoms with Crippen LogP contribution >= 0.6 is 0 Å².